The van der Waals surface area contributed by atoms with Gasteiger partial charge in [0.2, 0.25) is 5.91 Å². The Morgan fingerprint density at radius 2 is 2.27 bits per heavy atom. The molecule has 0 saturated heterocycles. The maximum absolute atomic E-state index is 10.6. The topological polar surface area (TPSA) is 64.6 Å². The second-order valence-electron chi connectivity index (χ2n) is 2.18. The molecule has 0 aromatic heterocycles. The Balaban J connectivity index is 3.91. The largest absolute Gasteiger partial charge is 0.284 e. The number of amides is 1. The van der Waals surface area contributed by atoms with Gasteiger partial charge in [-0.2, -0.15) is 0 Å². The van der Waals surface area contributed by atoms with Crippen LogP contribution in [-0.2, 0) is 4.79 Å². The predicted octanol–water partition coefficient (Wildman–Crippen LogP) is -0.316. The van der Waals surface area contributed by atoms with E-state index in [0.29, 0.717) is 11.5 Å². The van der Waals surface area contributed by atoms with Crippen molar-refractivity contribution >= 4 is 5.91 Å². The van der Waals surface area contributed by atoms with Gasteiger partial charge in [-0.25, -0.2) is 10.5 Å². The highest BCUT2D eigenvalue weighted by Crippen LogP contribution is 1.95. The average molecular weight is 161 g/mol. The number of rotatable bonds is 4. The molecule has 0 radical (unpaired) electrons. The highest BCUT2D eigenvalue weighted by molar-refractivity contribution is 5.72. The van der Waals surface area contributed by atoms with Crippen molar-refractivity contribution in [1.82, 2.24) is 15.9 Å². The van der Waals surface area contributed by atoms with Crippen LogP contribution in [-0.4, -0.2) is 29.4 Å². The molecule has 0 spiro atoms. The van der Waals surface area contributed by atoms with Crippen molar-refractivity contribution in [3.05, 3.63) is 0 Å². The first-order valence-electron chi connectivity index (χ1n) is 3.54. The molecule has 1 amide bonds. The summed E-state index contributed by atoms with van der Waals surface area (Å²) in [6, 6.07) is 0. The van der Waals surface area contributed by atoms with E-state index in [1.54, 1.807) is 7.05 Å². The zero-order valence-corrected chi connectivity index (χ0v) is 7.09. The molecule has 0 aromatic rings. The van der Waals surface area contributed by atoms with E-state index in [-0.39, 0.29) is 12.1 Å². The summed E-state index contributed by atoms with van der Waals surface area (Å²) in [5.41, 5.74) is 5.37. The van der Waals surface area contributed by atoms with Crippen molar-refractivity contribution in [2.45, 2.75) is 26.4 Å². The van der Waals surface area contributed by atoms with Gasteiger partial charge in [-0.05, 0) is 13.5 Å². The first-order valence-corrected chi connectivity index (χ1v) is 3.54. The summed E-state index contributed by atoms with van der Waals surface area (Å²) in [4.78, 5) is 10.6. The standard InChI is InChI=1S/C6H15N3O2/c1-4-6(8-7-3)9(11)5(2)10/h6-8,11H,4H2,1-3H3. The van der Waals surface area contributed by atoms with Crippen LogP contribution in [0.25, 0.3) is 0 Å². The number of carbonyl (C=O) groups excluding carboxylic acids is 1. The molecular weight excluding hydrogens is 146 g/mol. The maximum Gasteiger partial charge on any atom is 0.244 e. The van der Waals surface area contributed by atoms with E-state index >= 15 is 0 Å². The number of nitrogens with zero attached hydrogens (tertiary/aromatic N) is 1. The molecule has 0 rings (SSSR count). The molecule has 1 unspecified atom stereocenters. The molecule has 0 aliphatic carbocycles. The van der Waals surface area contributed by atoms with Crippen molar-refractivity contribution in [3.8, 4) is 0 Å². The van der Waals surface area contributed by atoms with E-state index in [9.17, 15) is 4.79 Å². The van der Waals surface area contributed by atoms with E-state index in [1.165, 1.54) is 6.92 Å². The van der Waals surface area contributed by atoms with Crippen LogP contribution in [0.5, 0.6) is 0 Å². The smallest absolute Gasteiger partial charge is 0.244 e. The monoisotopic (exact) mass is 161 g/mol. The highest BCUT2D eigenvalue weighted by atomic mass is 16.5. The summed E-state index contributed by atoms with van der Waals surface area (Å²) in [5.74, 6) is -0.375. The van der Waals surface area contributed by atoms with Crippen LogP contribution >= 0.6 is 0 Å². The summed E-state index contributed by atoms with van der Waals surface area (Å²) >= 11 is 0. The van der Waals surface area contributed by atoms with Gasteiger partial charge >= 0.3 is 0 Å². The third kappa shape index (κ3) is 3.31. The van der Waals surface area contributed by atoms with Gasteiger partial charge in [0.1, 0.15) is 6.17 Å². The van der Waals surface area contributed by atoms with Crippen LogP contribution in [0.1, 0.15) is 20.3 Å². The Hall–Kier alpha value is -0.650. The summed E-state index contributed by atoms with van der Waals surface area (Å²) in [6.45, 7) is 3.17. The van der Waals surface area contributed by atoms with Gasteiger partial charge in [0.25, 0.3) is 0 Å². The Labute approximate surface area is 66.3 Å². The quantitative estimate of drug-likeness (QED) is 0.300. The minimum absolute atomic E-state index is 0.363. The number of nitrogens with one attached hydrogen (secondary N) is 2. The summed E-state index contributed by atoms with van der Waals surface area (Å²) in [5, 5.41) is 9.76. The Morgan fingerprint density at radius 3 is 2.55 bits per heavy atom. The minimum atomic E-state index is -0.375. The van der Waals surface area contributed by atoms with Crippen LogP contribution in [0.15, 0.2) is 0 Å². The Morgan fingerprint density at radius 1 is 1.73 bits per heavy atom. The number of hydrazine groups is 1. The Bertz CT molecular complexity index is 129. The Kier molecular flexibility index (Phi) is 4.76. The van der Waals surface area contributed by atoms with E-state index < -0.39 is 0 Å². The average Bonchev–Trinajstić information content (AvgIpc) is 1.98. The van der Waals surface area contributed by atoms with Crippen molar-refractivity contribution in [3.63, 3.8) is 0 Å². The third-order valence-corrected chi connectivity index (χ3v) is 1.32. The molecule has 0 aliphatic rings. The second kappa shape index (κ2) is 5.06. The van der Waals surface area contributed by atoms with E-state index in [2.05, 4.69) is 10.9 Å². The molecule has 0 aliphatic heterocycles. The van der Waals surface area contributed by atoms with Crippen LogP contribution in [0.3, 0.4) is 0 Å². The minimum Gasteiger partial charge on any atom is -0.284 e. The van der Waals surface area contributed by atoms with Crippen LogP contribution in [0.4, 0.5) is 0 Å². The van der Waals surface area contributed by atoms with Crippen molar-refractivity contribution in [2.24, 2.45) is 0 Å². The van der Waals surface area contributed by atoms with Crippen LogP contribution < -0.4 is 10.9 Å². The highest BCUT2D eigenvalue weighted by Gasteiger charge is 2.15. The normalized spacial score (nSPS) is 12.7. The zero-order valence-electron chi connectivity index (χ0n) is 7.09. The number of carbonyl (C=O) groups is 1. The molecule has 0 heterocycles. The lowest BCUT2D eigenvalue weighted by Gasteiger charge is -2.23. The number of hydrogen-bond donors (Lipinski definition) is 3. The van der Waals surface area contributed by atoms with Gasteiger partial charge in [0, 0.05) is 6.92 Å². The summed E-state index contributed by atoms with van der Waals surface area (Å²) in [7, 11) is 1.68. The van der Waals surface area contributed by atoms with Gasteiger partial charge in [-0.3, -0.25) is 15.4 Å². The van der Waals surface area contributed by atoms with Gasteiger partial charge < -0.3 is 0 Å². The lowest BCUT2D eigenvalue weighted by molar-refractivity contribution is -0.177. The molecular formula is C6H15N3O2. The number of hydrogen-bond acceptors (Lipinski definition) is 4. The lowest BCUT2D eigenvalue weighted by atomic mass is 10.4. The SMILES string of the molecule is CCC(NNC)N(O)C(C)=O. The lowest BCUT2D eigenvalue weighted by Crippen LogP contribution is -2.50. The fourth-order valence-corrected chi connectivity index (χ4v) is 0.722. The maximum atomic E-state index is 10.6. The van der Waals surface area contributed by atoms with Crippen molar-refractivity contribution in [1.29, 1.82) is 0 Å². The molecule has 0 saturated carbocycles. The first kappa shape index (κ1) is 10.3. The van der Waals surface area contributed by atoms with Crippen molar-refractivity contribution < 1.29 is 10.0 Å². The zero-order chi connectivity index (χ0) is 8.85. The van der Waals surface area contributed by atoms with Crippen molar-refractivity contribution in [2.75, 3.05) is 7.05 Å². The molecule has 1 atom stereocenters. The van der Waals surface area contributed by atoms with Gasteiger partial charge in [0.05, 0.1) is 0 Å². The molecule has 3 N–H and O–H groups in total. The molecule has 5 heteroatoms. The van der Waals surface area contributed by atoms with Crippen LogP contribution in [0, 0.1) is 0 Å². The molecule has 11 heavy (non-hydrogen) atoms. The first-order chi connectivity index (χ1) is 5.13. The molecule has 0 bridgehead atoms. The van der Waals surface area contributed by atoms with Crippen LogP contribution in [0.2, 0.25) is 0 Å². The number of hydroxylamine groups is 2. The van der Waals surface area contributed by atoms with E-state index in [0.717, 1.165) is 0 Å². The van der Waals surface area contributed by atoms with E-state index in [1.807, 2.05) is 6.92 Å². The van der Waals surface area contributed by atoms with Gasteiger partial charge in [-0.1, -0.05) is 6.92 Å². The fraction of sp³-hybridized carbons (Fsp3) is 0.833. The third-order valence-electron chi connectivity index (χ3n) is 1.32. The molecule has 66 valence electrons. The molecule has 0 aromatic carbocycles. The molecule has 0 fully saturated rings. The summed E-state index contributed by atoms with van der Waals surface area (Å²) < 4.78 is 0. The summed E-state index contributed by atoms with van der Waals surface area (Å²) in [6.07, 6.45) is 0.272. The predicted molar refractivity (Wildman–Crippen MR) is 40.6 cm³/mol. The van der Waals surface area contributed by atoms with Gasteiger partial charge in [-0.15, -0.1) is 0 Å². The second-order valence-corrected chi connectivity index (χ2v) is 2.18. The molecule has 5 nitrogen and oxygen atoms in total. The fourth-order valence-electron chi connectivity index (χ4n) is 0.722. The van der Waals surface area contributed by atoms with E-state index in [4.69, 9.17) is 5.21 Å². The van der Waals surface area contributed by atoms with Gasteiger partial charge in [0.15, 0.2) is 0 Å².